The smallest absolute Gasteiger partial charge is 0.319 e. The Morgan fingerprint density at radius 2 is 2.50 bits per heavy atom. The number of aromatic nitrogens is 1. The van der Waals surface area contributed by atoms with E-state index < -0.39 is 0 Å². The highest BCUT2D eigenvalue weighted by Crippen LogP contribution is 2.12. The molecule has 2 heterocycles. The van der Waals surface area contributed by atoms with Crippen LogP contribution < -0.4 is 15.4 Å². The van der Waals surface area contributed by atoms with Crippen LogP contribution in [0.15, 0.2) is 18.3 Å². The summed E-state index contributed by atoms with van der Waals surface area (Å²) in [4.78, 5) is 15.6. The first kappa shape index (κ1) is 12.6. The first-order valence-corrected chi connectivity index (χ1v) is 5.94. The summed E-state index contributed by atoms with van der Waals surface area (Å²) in [5.41, 5.74) is 0.626. The maximum atomic E-state index is 11.6. The summed E-state index contributed by atoms with van der Waals surface area (Å²) < 4.78 is 10.3. The number of hydrogen-bond donors (Lipinski definition) is 2. The molecule has 6 heteroatoms. The minimum atomic E-state index is -0.252. The van der Waals surface area contributed by atoms with E-state index >= 15 is 0 Å². The molecule has 1 unspecified atom stereocenters. The summed E-state index contributed by atoms with van der Waals surface area (Å²) in [6.45, 7) is 1.33. The molecule has 2 N–H and O–H groups in total. The third kappa shape index (κ3) is 3.59. The van der Waals surface area contributed by atoms with Gasteiger partial charge in [-0.15, -0.1) is 0 Å². The predicted molar refractivity (Wildman–Crippen MR) is 66.8 cm³/mol. The van der Waals surface area contributed by atoms with Gasteiger partial charge in [0.2, 0.25) is 5.88 Å². The van der Waals surface area contributed by atoms with Crippen molar-refractivity contribution in [1.29, 1.82) is 0 Å². The second-order valence-electron chi connectivity index (χ2n) is 4.06. The van der Waals surface area contributed by atoms with Crippen molar-refractivity contribution in [2.45, 2.75) is 18.9 Å². The molecular formula is C12H17N3O3. The van der Waals surface area contributed by atoms with Gasteiger partial charge in [0, 0.05) is 19.2 Å². The number of anilines is 1. The highest BCUT2D eigenvalue weighted by Gasteiger charge is 2.15. The van der Waals surface area contributed by atoms with E-state index in [-0.39, 0.29) is 12.1 Å². The topological polar surface area (TPSA) is 72.5 Å². The van der Waals surface area contributed by atoms with Crippen molar-refractivity contribution in [2.24, 2.45) is 0 Å². The fourth-order valence-corrected chi connectivity index (χ4v) is 1.76. The fourth-order valence-electron chi connectivity index (χ4n) is 1.76. The molecule has 1 atom stereocenters. The zero-order chi connectivity index (χ0) is 12.8. The maximum absolute atomic E-state index is 11.6. The first-order valence-electron chi connectivity index (χ1n) is 5.94. The van der Waals surface area contributed by atoms with Crippen LogP contribution in [0.2, 0.25) is 0 Å². The molecule has 18 heavy (non-hydrogen) atoms. The molecule has 0 radical (unpaired) electrons. The monoisotopic (exact) mass is 251 g/mol. The standard InChI is InChI=1S/C12H17N3O3/c1-17-11-5-4-9(7-13-11)15-12(16)14-8-10-3-2-6-18-10/h4-5,7,10H,2-3,6,8H2,1H3,(H2,14,15,16). The Bertz CT molecular complexity index is 388. The van der Waals surface area contributed by atoms with Crippen LogP contribution in [0.4, 0.5) is 10.5 Å². The van der Waals surface area contributed by atoms with Gasteiger partial charge in [0.05, 0.1) is 25.1 Å². The van der Waals surface area contributed by atoms with Gasteiger partial charge >= 0.3 is 6.03 Å². The summed E-state index contributed by atoms with van der Waals surface area (Å²) >= 11 is 0. The quantitative estimate of drug-likeness (QED) is 0.848. The van der Waals surface area contributed by atoms with Crippen LogP contribution in [0.5, 0.6) is 5.88 Å². The van der Waals surface area contributed by atoms with Crippen molar-refractivity contribution >= 4 is 11.7 Å². The van der Waals surface area contributed by atoms with E-state index in [1.165, 1.54) is 0 Å². The van der Waals surface area contributed by atoms with Crippen molar-refractivity contribution in [3.63, 3.8) is 0 Å². The van der Waals surface area contributed by atoms with Gasteiger partial charge in [-0.2, -0.15) is 0 Å². The summed E-state index contributed by atoms with van der Waals surface area (Å²) in [6, 6.07) is 3.17. The predicted octanol–water partition coefficient (Wildman–Crippen LogP) is 1.39. The number of nitrogens with zero attached hydrogens (tertiary/aromatic N) is 1. The summed E-state index contributed by atoms with van der Waals surface area (Å²) in [7, 11) is 1.55. The Balaban J connectivity index is 1.75. The number of amides is 2. The van der Waals surface area contributed by atoms with Gasteiger partial charge in [-0.3, -0.25) is 0 Å². The average Bonchev–Trinajstić information content (AvgIpc) is 2.90. The first-order chi connectivity index (χ1) is 8.78. The van der Waals surface area contributed by atoms with Gasteiger partial charge < -0.3 is 20.1 Å². The molecular weight excluding hydrogens is 234 g/mol. The molecule has 6 nitrogen and oxygen atoms in total. The number of urea groups is 1. The number of ether oxygens (including phenoxy) is 2. The molecule has 1 aliphatic heterocycles. The van der Waals surface area contributed by atoms with Crippen LogP contribution in [-0.2, 0) is 4.74 Å². The molecule has 2 amide bonds. The van der Waals surface area contributed by atoms with Gasteiger partial charge in [0.1, 0.15) is 0 Å². The summed E-state index contributed by atoms with van der Waals surface area (Å²) in [6.07, 6.45) is 3.76. The molecule has 1 aliphatic rings. The number of methoxy groups -OCH3 is 1. The lowest BCUT2D eigenvalue weighted by Crippen LogP contribution is -2.35. The zero-order valence-corrected chi connectivity index (χ0v) is 10.3. The van der Waals surface area contributed by atoms with Gasteiger partial charge in [-0.05, 0) is 18.9 Å². The summed E-state index contributed by atoms with van der Waals surface area (Å²) in [5, 5.41) is 5.46. The average molecular weight is 251 g/mol. The zero-order valence-electron chi connectivity index (χ0n) is 10.3. The second-order valence-corrected chi connectivity index (χ2v) is 4.06. The fraction of sp³-hybridized carbons (Fsp3) is 0.500. The molecule has 1 aromatic heterocycles. The van der Waals surface area contributed by atoms with Crippen LogP contribution >= 0.6 is 0 Å². The number of rotatable bonds is 4. The van der Waals surface area contributed by atoms with Crippen LogP contribution in [0.1, 0.15) is 12.8 Å². The minimum Gasteiger partial charge on any atom is -0.481 e. The lowest BCUT2D eigenvalue weighted by atomic mass is 10.2. The molecule has 1 aromatic rings. The Hall–Kier alpha value is -1.82. The summed E-state index contributed by atoms with van der Waals surface area (Å²) in [5.74, 6) is 0.514. The number of nitrogens with one attached hydrogen (secondary N) is 2. The third-order valence-corrected chi connectivity index (χ3v) is 2.72. The number of carbonyl (C=O) groups is 1. The van der Waals surface area contributed by atoms with E-state index in [1.807, 2.05) is 0 Å². The highest BCUT2D eigenvalue weighted by molar-refractivity contribution is 5.89. The number of hydrogen-bond acceptors (Lipinski definition) is 4. The van der Waals surface area contributed by atoms with Crippen molar-refractivity contribution in [2.75, 3.05) is 25.6 Å². The maximum Gasteiger partial charge on any atom is 0.319 e. The van der Waals surface area contributed by atoms with E-state index in [0.717, 1.165) is 19.4 Å². The molecule has 0 spiro atoms. The van der Waals surface area contributed by atoms with E-state index in [1.54, 1.807) is 25.4 Å². The number of carbonyl (C=O) groups excluding carboxylic acids is 1. The van der Waals surface area contributed by atoms with Gasteiger partial charge in [0.25, 0.3) is 0 Å². The van der Waals surface area contributed by atoms with Gasteiger partial charge in [0.15, 0.2) is 0 Å². The molecule has 98 valence electrons. The molecule has 0 aliphatic carbocycles. The van der Waals surface area contributed by atoms with Crippen molar-refractivity contribution < 1.29 is 14.3 Å². The number of pyridine rings is 1. The normalized spacial score (nSPS) is 18.4. The lowest BCUT2D eigenvalue weighted by Gasteiger charge is -2.11. The Morgan fingerprint density at radius 1 is 1.61 bits per heavy atom. The van der Waals surface area contributed by atoms with E-state index in [4.69, 9.17) is 9.47 Å². The van der Waals surface area contributed by atoms with Gasteiger partial charge in [-0.25, -0.2) is 9.78 Å². The molecule has 1 fully saturated rings. The third-order valence-electron chi connectivity index (χ3n) is 2.72. The van der Waals surface area contributed by atoms with E-state index in [9.17, 15) is 4.79 Å². The van der Waals surface area contributed by atoms with Crippen LogP contribution in [0.3, 0.4) is 0 Å². The van der Waals surface area contributed by atoms with Crippen molar-refractivity contribution in [3.8, 4) is 5.88 Å². The molecule has 0 bridgehead atoms. The van der Waals surface area contributed by atoms with Crippen LogP contribution in [0.25, 0.3) is 0 Å². The van der Waals surface area contributed by atoms with E-state index in [0.29, 0.717) is 18.1 Å². The minimum absolute atomic E-state index is 0.143. The Morgan fingerprint density at radius 3 is 3.11 bits per heavy atom. The molecule has 0 saturated carbocycles. The Kier molecular flexibility index (Phi) is 4.35. The second kappa shape index (κ2) is 6.20. The Labute approximate surface area is 106 Å². The largest absolute Gasteiger partial charge is 0.481 e. The lowest BCUT2D eigenvalue weighted by molar-refractivity contribution is 0.112. The van der Waals surface area contributed by atoms with E-state index in [2.05, 4.69) is 15.6 Å². The molecule has 2 rings (SSSR count). The molecule has 1 saturated heterocycles. The van der Waals surface area contributed by atoms with Crippen LogP contribution in [0, 0.1) is 0 Å². The highest BCUT2D eigenvalue weighted by atomic mass is 16.5. The van der Waals surface area contributed by atoms with Crippen molar-refractivity contribution in [1.82, 2.24) is 10.3 Å². The molecule has 0 aromatic carbocycles. The van der Waals surface area contributed by atoms with Gasteiger partial charge in [-0.1, -0.05) is 0 Å². The van der Waals surface area contributed by atoms with Crippen molar-refractivity contribution in [3.05, 3.63) is 18.3 Å². The van der Waals surface area contributed by atoms with Crippen LogP contribution in [-0.4, -0.2) is 37.4 Å². The SMILES string of the molecule is COc1ccc(NC(=O)NCC2CCCO2)cn1.